The number of nitrogens with zero attached hydrogens (tertiary/aromatic N) is 3. The summed E-state index contributed by atoms with van der Waals surface area (Å²) in [7, 11) is 0. The number of benzene rings is 1. The quantitative estimate of drug-likeness (QED) is 0.470. The van der Waals surface area contributed by atoms with Crippen molar-refractivity contribution < 1.29 is 4.52 Å². The molecule has 0 bridgehead atoms. The molecule has 3 aromatic rings. The number of aryl methyl sites for hydroxylation is 1. The van der Waals surface area contributed by atoms with Crippen molar-refractivity contribution in [3.8, 4) is 11.5 Å². The van der Waals surface area contributed by atoms with Gasteiger partial charge in [0.1, 0.15) is 0 Å². The average Bonchev–Trinajstić information content (AvgIpc) is 3.34. The molecule has 3 rings (SSSR count). The van der Waals surface area contributed by atoms with Crippen LogP contribution >= 0.6 is 11.3 Å². The number of nitrogens with two attached hydrogens (primary N) is 1. The van der Waals surface area contributed by atoms with Crippen molar-refractivity contribution in [2.75, 3.05) is 13.1 Å². The molecule has 0 aliphatic rings. The number of hydrogen-bond acceptors (Lipinski definition) is 5. The Kier molecular flexibility index (Phi) is 6.38. The monoisotopic (exact) mass is 369 g/mol. The van der Waals surface area contributed by atoms with Gasteiger partial charge in [-0.3, -0.25) is 4.99 Å². The zero-order valence-corrected chi connectivity index (χ0v) is 15.6. The lowest BCUT2D eigenvalue weighted by atomic mass is 10.1. The minimum atomic E-state index is 0.496. The van der Waals surface area contributed by atoms with Gasteiger partial charge in [0.15, 0.2) is 11.8 Å². The first-order valence-electron chi connectivity index (χ1n) is 8.72. The summed E-state index contributed by atoms with van der Waals surface area (Å²) in [4.78, 5) is 10.0. The maximum atomic E-state index is 5.91. The van der Waals surface area contributed by atoms with Crippen molar-refractivity contribution >= 4 is 17.3 Å². The lowest BCUT2D eigenvalue weighted by Crippen LogP contribution is -2.33. The van der Waals surface area contributed by atoms with Crippen LogP contribution in [0.3, 0.4) is 0 Å². The van der Waals surface area contributed by atoms with E-state index in [4.69, 9.17) is 10.3 Å². The Morgan fingerprint density at radius 1 is 1.23 bits per heavy atom. The number of thiophene rings is 1. The fourth-order valence-electron chi connectivity index (χ4n) is 2.46. The fourth-order valence-corrected chi connectivity index (χ4v) is 3.16. The first kappa shape index (κ1) is 18.1. The minimum absolute atomic E-state index is 0.496. The third kappa shape index (κ3) is 5.16. The molecule has 0 atom stereocenters. The minimum Gasteiger partial charge on any atom is -0.370 e. The molecule has 0 saturated carbocycles. The lowest BCUT2D eigenvalue weighted by Gasteiger charge is -2.06. The molecule has 0 radical (unpaired) electrons. The molecule has 0 fully saturated rings. The van der Waals surface area contributed by atoms with Gasteiger partial charge in [-0.2, -0.15) is 4.98 Å². The van der Waals surface area contributed by atoms with Crippen LogP contribution < -0.4 is 11.1 Å². The first-order chi connectivity index (χ1) is 12.7. The summed E-state index contributed by atoms with van der Waals surface area (Å²) in [5.74, 6) is 1.78. The van der Waals surface area contributed by atoms with E-state index in [1.165, 1.54) is 10.4 Å². The molecule has 6 nitrogen and oxygen atoms in total. The van der Waals surface area contributed by atoms with Crippen molar-refractivity contribution in [2.45, 2.75) is 26.2 Å². The summed E-state index contributed by atoms with van der Waals surface area (Å²) in [6.07, 6.45) is 2.56. The molecule has 2 heterocycles. The highest BCUT2D eigenvalue weighted by Crippen LogP contribution is 2.18. The highest BCUT2D eigenvalue weighted by Gasteiger charge is 2.07. The number of rotatable bonds is 8. The number of hydrogen-bond donors (Lipinski definition) is 2. The molecule has 136 valence electrons. The molecule has 0 aliphatic carbocycles. The normalized spacial score (nSPS) is 11.7. The van der Waals surface area contributed by atoms with Crippen LogP contribution in [0.5, 0.6) is 0 Å². The molecule has 0 saturated heterocycles. The zero-order chi connectivity index (χ0) is 18.2. The SMILES string of the molecule is CCc1noc(-c2ccc(CCNC(N)=NCCc3cccs3)cc2)n1. The van der Waals surface area contributed by atoms with Crippen LogP contribution in [0.2, 0.25) is 0 Å². The van der Waals surface area contributed by atoms with Gasteiger partial charge in [0.2, 0.25) is 0 Å². The standard InChI is InChI=1S/C19H23N5OS/c1-2-17-23-18(25-24-17)15-7-5-14(6-8-15)9-11-21-19(20)22-12-10-16-4-3-13-26-16/h3-8,13H,2,9-12H2,1H3,(H3,20,21,22). The molecule has 3 N–H and O–H groups in total. The smallest absolute Gasteiger partial charge is 0.257 e. The topological polar surface area (TPSA) is 89.3 Å². The Morgan fingerprint density at radius 2 is 2.08 bits per heavy atom. The summed E-state index contributed by atoms with van der Waals surface area (Å²) in [6, 6.07) is 12.3. The maximum absolute atomic E-state index is 5.91. The average molecular weight is 369 g/mol. The number of nitrogens with one attached hydrogen (secondary N) is 1. The van der Waals surface area contributed by atoms with Crippen molar-refractivity contribution in [1.29, 1.82) is 0 Å². The largest absolute Gasteiger partial charge is 0.370 e. The Balaban J connectivity index is 1.43. The highest BCUT2D eigenvalue weighted by atomic mass is 32.1. The summed E-state index contributed by atoms with van der Waals surface area (Å²) >= 11 is 1.75. The van der Waals surface area contributed by atoms with Crippen LogP contribution in [0.15, 0.2) is 51.3 Å². The van der Waals surface area contributed by atoms with E-state index in [2.05, 4.69) is 50.1 Å². The van der Waals surface area contributed by atoms with Gasteiger partial charge in [-0.25, -0.2) is 0 Å². The Morgan fingerprint density at radius 3 is 2.77 bits per heavy atom. The number of guanidine groups is 1. The molecule has 26 heavy (non-hydrogen) atoms. The maximum Gasteiger partial charge on any atom is 0.257 e. The predicted octanol–water partition coefficient (Wildman–Crippen LogP) is 3.05. The molecule has 1 aromatic carbocycles. The zero-order valence-electron chi connectivity index (χ0n) is 14.8. The first-order valence-corrected chi connectivity index (χ1v) is 9.60. The van der Waals surface area contributed by atoms with Crippen molar-refractivity contribution in [2.24, 2.45) is 10.7 Å². The van der Waals surface area contributed by atoms with Crippen LogP contribution in [0.4, 0.5) is 0 Å². The molecule has 0 amide bonds. The summed E-state index contributed by atoms with van der Waals surface area (Å²) in [5.41, 5.74) is 8.05. The van der Waals surface area contributed by atoms with Crippen molar-refractivity contribution in [3.05, 3.63) is 58.0 Å². The van der Waals surface area contributed by atoms with E-state index in [0.29, 0.717) is 18.4 Å². The molecule has 0 aliphatic heterocycles. The van der Waals surface area contributed by atoms with E-state index >= 15 is 0 Å². The third-order valence-corrected chi connectivity index (χ3v) is 4.86. The third-order valence-electron chi connectivity index (χ3n) is 3.93. The summed E-state index contributed by atoms with van der Waals surface area (Å²) in [5, 5.41) is 9.16. The van der Waals surface area contributed by atoms with Gasteiger partial charge in [0, 0.05) is 36.4 Å². The Hall–Kier alpha value is -2.67. The van der Waals surface area contributed by atoms with E-state index in [-0.39, 0.29) is 0 Å². The molecule has 2 aromatic heterocycles. The number of aromatic nitrogens is 2. The van der Waals surface area contributed by atoms with Gasteiger partial charge in [-0.05, 0) is 35.6 Å². The van der Waals surface area contributed by atoms with Gasteiger partial charge in [-0.1, -0.05) is 30.3 Å². The van der Waals surface area contributed by atoms with E-state index < -0.39 is 0 Å². The second-order valence-corrected chi connectivity index (χ2v) is 6.87. The summed E-state index contributed by atoms with van der Waals surface area (Å²) < 4.78 is 5.25. The second kappa shape index (κ2) is 9.15. The van der Waals surface area contributed by atoms with Gasteiger partial charge in [0.05, 0.1) is 0 Å². The van der Waals surface area contributed by atoms with E-state index in [9.17, 15) is 0 Å². The highest BCUT2D eigenvalue weighted by molar-refractivity contribution is 7.09. The summed E-state index contributed by atoms with van der Waals surface area (Å²) in [6.45, 7) is 3.45. The molecule has 7 heteroatoms. The molecular weight excluding hydrogens is 346 g/mol. The predicted molar refractivity (Wildman–Crippen MR) is 105 cm³/mol. The van der Waals surface area contributed by atoms with E-state index in [1.54, 1.807) is 11.3 Å². The van der Waals surface area contributed by atoms with Crippen LogP contribution in [-0.4, -0.2) is 29.2 Å². The van der Waals surface area contributed by atoms with Gasteiger partial charge < -0.3 is 15.6 Å². The van der Waals surface area contributed by atoms with Crippen LogP contribution in [-0.2, 0) is 19.3 Å². The Labute approximate surface area is 157 Å². The van der Waals surface area contributed by atoms with Crippen molar-refractivity contribution in [1.82, 2.24) is 15.5 Å². The number of aliphatic imine (C=N–C) groups is 1. The van der Waals surface area contributed by atoms with Crippen LogP contribution in [0, 0.1) is 0 Å². The van der Waals surface area contributed by atoms with Gasteiger partial charge in [0.25, 0.3) is 5.89 Å². The van der Waals surface area contributed by atoms with Crippen molar-refractivity contribution in [3.63, 3.8) is 0 Å². The lowest BCUT2D eigenvalue weighted by molar-refractivity contribution is 0.423. The fraction of sp³-hybridized carbons (Fsp3) is 0.316. The van der Waals surface area contributed by atoms with E-state index in [1.807, 2.05) is 19.1 Å². The molecular formula is C19H23N5OS. The van der Waals surface area contributed by atoms with Crippen LogP contribution in [0.25, 0.3) is 11.5 Å². The van der Waals surface area contributed by atoms with Gasteiger partial charge >= 0.3 is 0 Å². The van der Waals surface area contributed by atoms with Crippen LogP contribution in [0.1, 0.15) is 23.2 Å². The van der Waals surface area contributed by atoms with E-state index in [0.717, 1.165) is 37.2 Å². The Bertz CT molecular complexity index is 824. The molecule has 0 unspecified atom stereocenters. The molecule has 0 spiro atoms. The second-order valence-electron chi connectivity index (χ2n) is 5.84. The van der Waals surface area contributed by atoms with Gasteiger partial charge in [-0.15, -0.1) is 11.3 Å².